The first kappa shape index (κ1) is 14.2. The Morgan fingerprint density at radius 1 is 1.37 bits per heavy atom. The number of hydrogen-bond donors (Lipinski definition) is 1. The average Bonchev–Trinajstić information content (AvgIpc) is 2.45. The van der Waals surface area contributed by atoms with Gasteiger partial charge in [0.2, 0.25) is 0 Å². The Morgan fingerprint density at radius 2 is 2.16 bits per heavy atom. The average molecular weight is 265 g/mol. The van der Waals surface area contributed by atoms with E-state index in [0.29, 0.717) is 6.61 Å². The van der Waals surface area contributed by atoms with Gasteiger partial charge in [0.25, 0.3) is 0 Å². The van der Waals surface area contributed by atoms with Crippen molar-refractivity contribution in [2.45, 2.75) is 38.3 Å². The molecule has 0 bridgehead atoms. The molecule has 1 aromatic rings. The van der Waals surface area contributed by atoms with Crippen LogP contribution in [0.25, 0.3) is 0 Å². The van der Waals surface area contributed by atoms with Crippen molar-refractivity contribution >= 4 is 0 Å². The van der Waals surface area contributed by atoms with Crippen molar-refractivity contribution < 1.29 is 14.2 Å². The molecule has 4 nitrogen and oxygen atoms in total. The molecule has 19 heavy (non-hydrogen) atoms. The summed E-state index contributed by atoms with van der Waals surface area (Å²) in [4.78, 5) is 0. The summed E-state index contributed by atoms with van der Waals surface area (Å²) in [5, 5.41) is 0. The van der Waals surface area contributed by atoms with Crippen LogP contribution in [0.2, 0.25) is 0 Å². The molecule has 1 aliphatic heterocycles. The molecule has 0 spiro atoms. The number of hydrogen-bond acceptors (Lipinski definition) is 4. The monoisotopic (exact) mass is 265 g/mol. The van der Waals surface area contributed by atoms with Gasteiger partial charge in [-0.25, -0.2) is 0 Å². The first-order chi connectivity index (χ1) is 9.22. The topological polar surface area (TPSA) is 53.7 Å². The fourth-order valence-electron chi connectivity index (χ4n) is 2.40. The van der Waals surface area contributed by atoms with Crippen molar-refractivity contribution in [1.29, 1.82) is 0 Å². The van der Waals surface area contributed by atoms with Gasteiger partial charge in [0.05, 0.1) is 18.8 Å². The highest BCUT2D eigenvalue weighted by atomic mass is 16.5. The molecule has 4 heteroatoms. The number of rotatable bonds is 5. The Bertz CT molecular complexity index is 400. The largest absolute Gasteiger partial charge is 0.496 e. The van der Waals surface area contributed by atoms with Crippen molar-refractivity contribution in [3.63, 3.8) is 0 Å². The summed E-state index contributed by atoms with van der Waals surface area (Å²) in [7, 11) is 1.65. The lowest BCUT2D eigenvalue weighted by Gasteiger charge is -2.24. The molecule has 0 saturated carbocycles. The van der Waals surface area contributed by atoms with E-state index in [1.54, 1.807) is 7.11 Å². The SMILES string of the molecule is COc1cccc(OCC2CCCCO2)c1[C@@H](C)N. The van der Waals surface area contributed by atoms with Gasteiger partial charge in [-0.15, -0.1) is 0 Å². The highest BCUT2D eigenvalue weighted by molar-refractivity contribution is 5.46. The maximum absolute atomic E-state index is 6.01. The van der Waals surface area contributed by atoms with Gasteiger partial charge in [0.1, 0.15) is 18.1 Å². The van der Waals surface area contributed by atoms with Gasteiger partial charge in [-0.05, 0) is 38.3 Å². The highest BCUT2D eigenvalue weighted by Gasteiger charge is 2.18. The van der Waals surface area contributed by atoms with Gasteiger partial charge in [0.15, 0.2) is 0 Å². The van der Waals surface area contributed by atoms with Crippen LogP contribution in [-0.2, 0) is 4.74 Å². The molecule has 2 N–H and O–H groups in total. The van der Waals surface area contributed by atoms with Crippen LogP contribution in [-0.4, -0.2) is 26.4 Å². The number of ether oxygens (including phenoxy) is 3. The predicted molar refractivity (Wildman–Crippen MR) is 74.7 cm³/mol. The van der Waals surface area contributed by atoms with E-state index in [9.17, 15) is 0 Å². The number of nitrogens with two attached hydrogens (primary N) is 1. The van der Waals surface area contributed by atoms with Crippen molar-refractivity contribution in [3.05, 3.63) is 23.8 Å². The van der Waals surface area contributed by atoms with Crippen LogP contribution >= 0.6 is 0 Å². The second-order valence-corrected chi connectivity index (χ2v) is 4.96. The molecule has 0 radical (unpaired) electrons. The molecular weight excluding hydrogens is 242 g/mol. The van der Waals surface area contributed by atoms with E-state index < -0.39 is 0 Å². The van der Waals surface area contributed by atoms with Crippen LogP contribution < -0.4 is 15.2 Å². The molecule has 1 aromatic carbocycles. The van der Waals surface area contributed by atoms with Gasteiger partial charge in [-0.2, -0.15) is 0 Å². The molecule has 1 unspecified atom stereocenters. The molecule has 0 aliphatic carbocycles. The Hall–Kier alpha value is -1.26. The molecule has 106 valence electrons. The van der Waals surface area contributed by atoms with E-state index >= 15 is 0 Å². The first-order valence-electron chi connectivity index (χ1n) is 6.89. The Morgan fingerprint density at radius 3 is 2.79 bits per heavy atom. The lowest BCUT2D eigenvalue weighted by molar-refractivity contribution is -0.0113. The third-order valence-electron chi connectivity index (χ3n) is 3.40. The third-order valence-corrected chi connectivity index (χ3v) is 3.40. The van der Waals surface area contributed by atoms with Crippen LogP contribution in [0.3, 0.4) is 0 Å². The third kappa shape index (κ3) is 3.61. The van der Waals surface area contributed by atoms with Crippen molar-refractivity contribution in [2.24, 2.45) is 5.73 Å². The molecule has 0 aromatic heterocycles. The van der Waals surface area contributed by atoms with Crippen LogP contribution in [0.4, 0.5) is 0 Å². The van der Waals surface area contributed by atoms with E-state index in [1.165, 1.54) is 6.42 Å². The van der Waals surface area contributed by atoms with Gasteiger partial charge in [0, 0.05) is 12.6 Å². The predicted octanol–water partition coefficient (Wildman–Crippen LogP) is 2.66. The molecular formula is C15H23NO3. The minimum absolute atomic E-state index is 0.126. The van der Waals surface area contributed by atoms with Crippen molar-refractivity contribution in [2.75, 3.05) is 20.3 Å². The first-order valence-corrected chi connectivity index (χ1v) is 6.89. The lowest BCUT2D eigenvalue weighted by atomic mass is 10.1. The van der Waals surface area contributed by atoms with Crippen LogP contribution in [0, 0.1) is 0 Å². The number of benzene rings is 1. The minimum atomic E-state index is -0.126. The molecule has 2 rings (SSSR count). The summed E-state index contributed by atoms with van der Waals surface area (Å²) in [6.07, 6.45) is 3.63. The molecule has 1 fully saturated rings. The maximum Gasteiger partial charge on any atom is 0.127 e. The molecule has 2 atom stereocenters. The summed E-state index contributed by atoms with van der Waals surface area (Å²) < 4.78 is 16.9. The zero-order valence-corrected chi connectivity index (χ0v) is 11.7. The van der Waals surface area contributed by atoms with Gasteiger partial charge < -0.3 is 19.9 Å². The molecule has 1 heterocycles. The second kappa shape index (κ2) is 6.78. The summed E-state index contributed by atoms with van der Waals surface area (Å²) >= 11 is 0. The Labute approximate surface area is 114 Å². The Balaban J connectivity index is 2.06. The minimum Gasteiger partial charge on any atom is -0.496 e. The van der Waals surface area contributed by atoms with Gasteiger partial charge in [-0.3, -0.25) is 0 Å². The molecule has 0 amide bonds. The van der Waals surface area contributed by atoms with E-state index in [-0.39, 0.29) is 12.1 Å². The Kier molecular flexibility index (Phi) is 5.05. The summed E-state index contributed by atoms with van der Waals surface area (Å²) in [6.45, 7) is 3.35. The normalized spacial score (nSPS) is 20.9. The smallest absolute Gasteiger partial charge is 0.127 e. The second-order valence-electron chi connectivity index (χ2n) is 4.96. The standard InChI is InChI=1S/C15H23NO3/c1-11(16)15-13(17-2)7-5-8-14(15)19-10-12-6-3-4-9-18-12/h5,7-8,11-12H,3-4,6,9-10,16H2,1-2H3/t11-,12?/m1/s1. The van der Waals surface area contributed by atoms with Crippen molar-refractivity contribution in [3.8, 4) is 11.5 Å². The maximum atomic E-state index is 6.01. The molecule has 1 saturated heterocycles. The van der Waals surface area contributed by atoms with Crippen molar-refractivity contribution in [1.82, 2.24) is 0 Å². The summed E-state index contributed by atoms with van der Waals surface area (Å²) in [5.41, 5.74) is 6.93. The highest BCUT2D eigenvalue weighted by Crippen LogP contribution is 2.33. The van der Waals surface area contributed by atoms with E-state index in [4.69, 9.17) is 19.9 Å². The van der Waals surface area contributed by atoms with Gasteiger partial charge >= 0.3 is 0 Å². The fraction of sp³-hybridized carbons (Fsp3) is 0.600. The van der Waals surface area contributed by atoms with E-state index in [1.807, 2.05) is 25.1 Å². The zero-order valence-electron chi connectivity index (χ0n) is 11.7. The lowest BCUT2D eigenvalue weighted by Crippen LogP contribution is -2.26. The molecule has 1 aliphatic rings. The zero-order chi connectivity index (χ0) is 13.7. The van der Waals surface area contributed by atoms with E-state index in [2.05, 4.69) is 0 Å². The van der Waals surface area contributed by atoms with Crippen LogP contribution in [0.1, 0.15) is 37.8 Å². The van der Waals surface area contributed by atoms with Gasteiger partial charge in [-0.1, -0.05) is 6.07 Å². The summed E-state index contributed by atoms with van der Waals surface area (Å²) in [6, 6.07) is 5.63. The summed E-state index contributed by atoms with van der Waals surface area (Å²) in [5.74, 6) is 1.57. The quantitative estimate of drug-likeness (QED) is 0.889. The van der Waals surface area contributed by atoms with E-state index in [0.717, 1.165) is 36.5 Å². The van der Waals surface area contributed by atoms with Crippen LogP contribution in [0.5, 0.6) is 11.5 Å². The number of methoxy groups -OCH3 is 1. The fourth-order valence-corrected chi connectivity index (χ4v) is 2.40. The van der Waals surface area contributed by atoms with Crippen LogP contribution in [0.15, 0.2) is 18.2 Å².